The van der Waals surface area contributed by atoms with Crippen molar-refractivity contribution in [1.29, 1.82) is 0 Å². The number of carbonyl (C=O) groups excluding carboxylic acids is 1. The summed E-state index contributed by atoms with van der Waals surface area (Å²) in [6.07, 6.45) is 8.39. The molecule has 0 radical (unpaired) electrons. The second-order valence-electron chi connectivity index (χ2n) is 6.00. The summed E-state index contributed by atoms with van der Waals surface area (Å²) in [5.74, 6) is 0.489. The first-order valence-electron chi connectivity index (χ1n) is 7.83. The van der Waals surface area contributed by atoms with Crippen LogP contribution in [0.25, 0.3) is 0 Å². The molecule has 2 aliphatic rings. The largest absolute Gasteiger partial charge is 0.336 e. The lowest BCUT2D eigenvalue weighted by molar-refractivity contribution is 0.236. The maximum absolute atomic E-state index is 11.9. The van der Waals surface area contributed by atoms with Crippen molar-refractivity contribution in [2.45, 2.75) is 57.0 Å². The molecule has 0 spiro atoms. The third-order valence-corrected chi connectivity index (χ3v) is 4.22. The summed E-state index contributed by atoms with van der Waals surface area (Å²) in [4.78, 5) is 27.9. The first kappa shape index (κ1) is 14.1. The van der Waals surface area contributed by atoms with Crippen LogP contribution < -0.4 is 16.2 Å². The summed E-state index contributed by atoms with van der Waals surface area (Å²) in [5, 5.41) is 5.76. The maximum atomic E-state index is 11.9. The second kappa shape index (κ2) is 6.28. The van der Waals surface area contributed by atoms with Crippen LogP contribution in [0, 0.1) is 0 Å². The summed E-state index contributed by atoms with van der Waals surface area (Å²) in [6, 6.07) is 1.79. The van der Waals surface area contributed by atoms with Gasteiger partial charge in [0.1, 0.15) is 0 Å². The van der Waals surface area contributed by atoms with Gasteiger partial charge in [-0.05, 0) is 25.7 Å². The zero-order chi connectivity index (χ0) is 14.7. The molecule has 1 aromatic heterocycles. The summed E-state index contributed by atoms with van der Waals surface area (Å²) < 4.78 is 1.54. The van der Waals surface area contributed by atoms with E-state index >= 15 is 0 Å². The van der Waals surface area contributed by atoms with Gasteiger partial charge in [0.15, 0.2) is 0 Å². The molecule has 2 saturated carbocycles. The van der Waals surface area contributed by atoms with Gasteiger partial charge in [0.25, 0.3) is 5.56 Å². The highest BCUT2D eigenvalue weighted by atomic mass is 16.2. The lowest BCUT2D eigenvalue weighted by Gasteiger charge is -2.13. The fourth-order valence-corrected chi connectivity index (χ4v) is 2.81. The van der Waals surface area contributed by atoms with Gasteiger partial charge in [-0.25, -0.2) is 9.78 Å². The molecule has 1 aromatic rings. The van der Waals surface area contributed by atoms with Crippen LogP contribution in [-0.4, -0.2) is 28.2 Å². The molecule has 0 aromatic carbocycles. The Morgan fingerprint density at radius 2 is 2.05 bits per heavy atom. The van der Waals surface area contributed by atoms with Crippen LogP contribution in [0.1, 0.15) is 50.1 Å². The van der Waals surface area contributed by atoms with Crippen molar-refractivity contribution in [1.82, 2.24) is 20.2 Å². The van der Waals surface area contributed by atoms with Crippen LogP contribution in [0.5, 0.6) is 0 Å². The molecule has 0 unspecified atom stereocenters. The molecule has 2 N–H and O–H groups in total. The van der Waals surface area contributed by atoms with E-state index < -0.39 is 0 Å². The molecule has 0 aliphatic heterocycles. The Bertz CT molecular complexity index is 559. The van der Waals surface area contributed by atoms with E-state index in [0.717, 1.165) is 31.4 Å². The lowest BCUT2D eigenvalue weighted by Crippen LogP contribution is -2.42. The smallest absolute Gasteiger partial charge is 0.315 e. The molecule has 6 nitrogen and oxygen atoms in total. The van der Waals surface area contributed by atoms with Crippen LogP contribution >= 0.6 is 0 Å². The van der Waals surface area contributed by atoms with Crippen LogP contribution in [0.4, 0.5) is 4.79 Å². The quantitative estimate of drug-likeness (QED) is 0.859. The van der Waals surface area contributed by atoms with Gasteiger partial charge < -0.3 is 10.6 Å². The Labute approximate surface area is 124 Å². The number of hydrogen-bond donors (Lipinski definition) is 2. The van der Waals surface area contributed by atoms with Crippen LogP contribution in [0.3, 0.4) is 0 Å². The van der Waals surface area contributed by atoms with Gasteiger partial charge in [-0.15, -0.1) is 0 Å². The number of nitrogens with zero attached hydrogens (tertiary/aromatic N) is 2. The minimum absolute atomic E-state index is 0.0371. The molecular weight excluding hydrogens is 268 g/mol. The van der Waals surface area contributed by atoms with Gasteiger partial charge in [-0.1, -0.05) is 12.8 Å². The van der Waals surface area contributed by atoms with Crippen LogP contribution in [0.2, 0.25) is 0 Å². The van der Waals surface area contributed by atoms with E-state index in [-0.39, 0.29) is 11.6 Å². The van der Waals surface area contributed by atoms with Crippen LogP contribution in [0.15, 0.2) is 17.2 Å². The summed E-state index contributed by atoms with van der Waals surface area (Å²) in [6.45, 7) is 0.887. The number of amides is 2. The van der Waals surface area contributed by atoms with Gasteiger partial charge in [0.05, 0.1) is 12.0 Å². The monoisotopic (exact) mass is 290 g/mol. The number of urea groups is 1. The van der Waals surface area contributed by atoms with Crippen molar-refractivity contribution in [2.75, 3.05) is 6.54 Å². The van der Waals surface area contributed by atoms with E-state index in [1.807, 2.05) is 0 Å². The molecule has 3 rings (SSSR count). The van der Waals surface area contributed by atoms with E-state index in [2.05, 4.69) is 15.6 Å². The summed E-state index contributed by atoms with van der Waals surface area (Å²) >= 11 is 0. The predicted molar refractivity (Wildman–Crippen MR) is 79.3 cm³/mol. The topological polar surface area (TPSA) is 76.0 Å². The average molecular weight is 290 g/mol. The molecule has 2 fully saturated rings. The first-order chi connectivity index (χ1) is 10.2. The highest BCUT2D eigenvalue weighted by molar-refractivity contribution is 5.74. The van der Waals surface area contributed by atoms with Crippen molar-refractivity contribution in [3.63, 3.8) is 0 Å². The molecule has 2 amide bonds. The molecule has 1 heterocycles. The Balaban J connectivity index is 1.44. The Morgan fingerprint density at radius 3 is 2.71 bits per heavy atom. The maximum Gasteiger partial charge on any atom is 0.315 e. The second-order valence-corrected chi connectivity index (χ2v) is 6.00. The predicted octanol–water partition coefficient (Wildman–Crippen LogP) is 1.36. The van der Waals surface area contributed by atoms with Crippen molar-refractivity contribution in [3.05, 3.63) is 28.4 Å². The van der Waals surface area contributed by atoms with Crippen LogP contribution in [-0.2, 0) is 6.54 Å². The first-order valence-corrected chi connectivity index (χ1v) is 7.83. The fraction of sp³-hybridized carbons (Fsp3) is 0.667. The van der Waals surface area contributed by atoms with Crippen molar-refractivity contribution in [2.24, 2.45) is 0 Å². The van der Waals surface area contributed by atoms with Crippen molar-refractivity contribution < 1.29 is 4.79 Å². The minimum Gasteiger partial charge on any atom is -0.336 e. The van der Waals surface area contributed by atoms with Gasteiger partial charge in [0.2, 0.25) is 0 Å². The zero-order valence-electron chi connectivity index (χ0n) is 12.2. The SMILES string of the molecule is O=C(NCCn1cnc(C2CC2)cc1=O)NC1CCCC1. The number of nitrogens with one attached hydrogen (secondary N) is 2. The normalized spacial score (nSPS) is 18.7. The Hall–Kier alpha value is -1.85. The third kappa shape index (κ3) is 3.83. The van der Waals surface area contributed by atoms with Crippen molar-refractivity contribution >= 4 is 6.03 Å². The standard InChI is InChI=1S/C15H22N4O2/c20-14-9-13(11-5-6-11)17-10-19(14)8-7-16-15(21)18-12-3-1-2-4-12/h9-12H,1-8H2,(H2,16,18,21). The molecular formula is C15H22N4O2. The highest BCUT2D eigenvalue weighted by Crippen LogP contribution is 2.38. The van der Waals surface area contributed by atoms with Gasteiger partial charge >= 0.3 is 6.03 Å². The van der Waals surface area contributed by atoms with E-state index in [9.17, 15) is 9.59 Å². The van der Waals surface area contributed by atoms with E-state index in [1.54, 1.807) is 17.0 Å². The summed E-state index contributed by atoms with van der Waals surface area (Å²) in [7, 11) is 0. The summed E-state index contributed by atoms with van der Waals surface area (Å²) in [5.41, 5.74) is 0.869. The molecule has 0 atom stereocenters. The lowest BCUT2D eigenvalue weighted by atomic mass is 10.2. The molecule has 2 aliphatic carbocycles. The molecule has 6 heteroatoms. The fourth-order valence-electron chi connectivity index (χ4n) is 2.81. The molecule has 0 saturated heterocycles. The highest BCUT2D eigenvalue weighted by Gasteiger charge is 2.25. The third-order valence-electron chi connectivity index (χ3n) is 4.22. The number of rotatable bonds is 5. The molecule has 21 heavy (non-hydrogen) atoms. The number of aromatic nitrogens is 2. The van der Waals surface area contributed by atoms with E-state index in [0.29, 0.717) is 25.0 Å². The van der Waals surface area contributed by atoms with Gasteiger partial charge in [-0.3, -0.25) is 9.36 Å². The minimum atomic E-state index is -0.141. The number of hydrogen-bond acceptors (Lipinski definition) is 3. The van der Waals surface area contributed by atoms with E-state index in [1.165, 1.54) is 12.8 Å². The Morgan fingerprint density at radius 1 is 1.29 bits per heavy atom. The molecule has 114 valence electrons. The Kier molecular flexibility index (Phi) is 4.22. The molecule has 0 bridgehead atoms. The average Bonchev–Trinajstić information content (AvgIpc) is 3.19. The van der Waals surface area contributed by atoms with E-state index in [4.69, 9.17) is 0 Å². The van der Waals surface area contributed by atoms with Crippen molar-refractivity contribution in [3.8, 4) is 0 Å². The van der Waals surface area contributed by atoms with Gasteiger partial charge in [-0.2, -0.15) is 0 Å². The number of carbonyl (C=O) groups is 1. The zero-order valence-corrected chi connectivity index (χ0v) is 12.2. The van der Waals surface area contributed by atoms with Gasteiger partial charge in [0, 0.05) is 31.1 Å².